The van der Waals surface area contributed by atoms with Crippen LogP contribution >= 0.6 is 0 Å². The van der Waals surface area contributed by atoms with Gasteiger partial charge in [-0.15, -0.1) is 0 Å². The molecule has 0 bridgehead atoms. The van der Waals surface area contributed by atoms with Gasteiger partial charge in [-0.05, 0) is 133 Å². The van der Waals surface area contributed by atoms with Crippen molar-refractivity contribution in [3.8, 4) is 44.9 Å². The maximum Gasteiger partial charge on any atom is 0.416 e. The number of benzene rings is 4. The summed E-state index contributed by atoms with van der Waals surface area (Å²) in [5.41, 5.74) is -7.13. The van der Waals surface area contributed by atoms with E-state index in [9.17, 15) is 62.9 Å². The predicted molar refractivity (Wildman–Crippen MR) is 159 cm³/mol. The van der Waals surface area contributed by atoms with Crippen molar-refractivity contribution < 1.29 is 62.9 Å². The van der Waals surface area contributed by atoms with Crippen LogP contribution in [-0.4, -0.2) is 10.2 Å². The minimum atomic E-state index is -5.20. The molecule has 50 heavy (non-hydrogen) atoms. The monoisotopic (exact) mass is 718 g/mol. The molecule has 0 saturated heterocycles. The fourth-order valence-electron chi connectivity index (χ4n) is 6.99. The molecule has 4 aromatic rings. The van der Waals surface area contributed by atoms with E-state index in [0.717, 1.165) is 0 Å². The third-order valence-electron chi connectivity index (χ3n) is 9.29. The first kappa shape index (κ1) is 35.5. The first-order valence-corrected chi connectivity index (χ1v) is 15.5. The average Bonchev–Trinajstić information content (AvgIpc) is 3.03. The van der Waals surface area contributed by atoms with Crippen LogP contribution in [0.15, 0.2) is 48.5 Å². The maximum absolute atomic E-state index is 13.8. The molecular weight excluding hydrogens is 692 g/mol. The van der Waals surface area contributed by atoms with Crippen LogP contribution in [0.3, 0.4) is 0 Å². The summed E-state index contributed by atoms with van der Waals surface area (Å²) in [7, 11) is 0. The molecule has 14 heteroatoms. The Bertz CT molecular complexity index is 1770. The lowest BCUT2D eigenvalue weighted by Crippen LogP contribution is -2.12. The molecule has 0 amide bonds. The van der Waals surface area contributed by atoms with Gasteiger partial charge in [-0.1, -0.05) is 0 Å². The molecule has 0 spiro atoms. The van der Waals surface area contributed by atoms with E-state index in [4.69, 9.17) is 0 Å². The highest BCUT2D eigenvalue weighted by Crippen LogP contribution is 2.53. The maximum atomic E-state index is 13.8. The molecule has 2 aliphatic rings. The zero-order chi connectivity index (χ0) is 36.6. The topological polar surface area (TPSA) is 40.5 Å². The number of alkyl halides is 12. The van der Waals surface area contributed by atoms with Gasteiger partial charge < -0.3 is 10.2 Å². The van der Waals surface area contributed by atoms with E-state index in [1.54, 1.807) is 0 Å². The van der Waals surface area contributed by atoms with Gasteiger partial charge in [-0.3, -0.25) is 0 Å². The van der Waals surface area contributed by atoms with Gasteiger partial charge in [0.25, 0.3) is 0 Å². The minimum absolute atomic E-state index is 0.0597. The van der Waals surface area contributed by atoms with Crippen LogP contribution < -0.4 is 0 Å². The molecule has 2 N–H and O–H groups in total. The lowest BCUT2D eigenvalue weighted by atomic mass is 9.77. The molecule has 2 aliphatic carbocycles. The van der Waals surface area contributed by atoms with E-state index in [-0.39, 0.29) is 36.1 Å². The standard InChI is InChI=1S/C36H26F12O2/c37-33(38,39)21-9-19(10-22(15-21)34(40,41)42)27-13-17-5-1-3-7-25(17)29(31(27)49)30-26-8-4-2-6-18(26)14-28(32(30)50)20-11-23(35(43,44)45)16-24(12-20)36(46,47)48/h9-16,49-50H,1-8H2. The summed E-state index contributed by atoms with van der Waals surface area (Å²) in [6.45, 7) is 0. The molecule has 0 aromatic heterocycles. The minimum Gasteiger partial charge on any atom is -0.507 e. The lowest BCUT2D eigenvalue weighted by Gasteiger charge is -2.28. The second-order valence-corrected chi connectivity index (χ2v) is 12.6. The molecule has 0 fully saturated rings. The van der Waals surface area contributed by atoms with Gasteiger partial charge in [0, 0.05) is 22.3 Å². The third kappa shape index (κ3) is 6.60. The quantitative estimate of drug-likeness (QED) is 0.207. The number of phenols is 2. The normalized spacial score (nSPS) is 15.5. The van der Waals surface area contributed by atoms with Crippen molar-refractivity contribution in [2.45, 2.75) is 76.1 Å². The van der Waals surface area contributed by atoms with E-state index in [1.807, 2.05) is 0 Å². The molecule has 0 aliphatic heterocycles. The highest BCUT2D eigenvalue weighted by Gasteiger charge is 2.39. The Hall–Kier alpha value is -4.36. The predicted octanol–water partition coefficient (Wildman–Crippen LogP) is 11.9. The van der Waals surface area contributed by atoms with Crippen LogP contribution in [0.1, 0.15) is 70.2 Å². The Morgan fingerprint density at radius 2 is 0.660 bits per heavy atom. The van der Waals surface area contributed by atoms with E-state index in [0.29, 0.717) is 85.0 Å². The van der Waals surface area contributed by atoms with Gasteiger partial charge in [-0.25, -0.2) is 0 Å². The van der Waals surface area contributed by atoms with Gasteiger partial charge >= 0.3 is 24.7 Å². The summed E-state index contributed by atoms with van der Waals surface area (Å²) < 4.78 is 166. The molecule has 0 unspecified atom stereocenters. The summed E-state index contributed by atoms with van der Waals surface area (Å²) >= 11 is 0. The molecule has 2 nitrogen and oxygen atoms in total. The van der Waals surface area contributed by atoms with Crippen LogP contribution in [0.2, 0.25) is 0 Å². The van der Waals surface area contributed by atoms with Gasteiger partial charge in [0.2, 0.25) is 0 Å². The van der Waals surface area contributed by atoms with Crippen molar-refractivity contribution in [3.05, 3.63) is 93.0 Å². The van der Waals surface area contributed by atoms with Crippen LogP contribution in [0.5, 0.6) is 11.5 Å². The third-order valence-corrected chi connectivity index (χ3v) is 9.29. The summed E-state index contributed by atoms with van der Waals surface area (Å²) in [4.78, 5) is 0. The highest BCUT2D eigenvalue weighted by molar-refractivity contribution is 5.94. The first-order chi connectivity index (χ1) is 23.1. The zero-order valence-electron chi connectivity index (χ0n) is 25.7. The van der Waals surface area contributed by atoms with Gasteiger partial charge in [0.15, 0.2) is 0 Å². The molecule has 0 heterocycles. The van der Waals surface area contributed by atoms with Crippen molar-refractivity contribution in [1.29, 1.82) is 0 Å². The van der Waals surface area contributed by atoms with Gasteiger partial charge in [0.1, 0.15) is 11.5 Å². The van der Waals surface area contributed by atoms with Crippen LogP contribution in [0, 0.1) is 0 Å². The van der Waals surface area contributed by atoms with Crippen LogP contribution in [0.4, 0.5) is 52.7 Å². The summed E-state index contributed by atoms with van der Waals surface area (Å²) in [6.07, 6.45) is -17.4. The molecule has 4 aromatic carbocycles. The number of fused-ring (bicyclic) bond motifs is 2. The van der Waals surface area contributed by atoms with Gasteiger partial charge in [-0.2, -0.15) is 52.7 Å². The number of rotatable bonds is 3. The Balaban J connectivity index is 1.70. The van der Waals surface area contributed by atoms with E-state index < -0.39 is 80.7 Å². The number of hydrogen-bond donors (Lipinski definition) is 2. The average molecular weight is 719 g/mol. The van der Waals surface area contributed by atoms with Crippen molar-refractivity contribution in [1.82, 2.24) is 0 Å². The fourth-order valence-corrected chi connectivity index (χ4v) is 6.99. The number of aryl methyl sites for hydroxylation is 2. The summed E-state index contributed by atoms with van der Waals surface area (Å²) in [6, 6.07) is 4.28. The Kier molecular flexibility index (Phi) is 8.62. The summed E-state index contributed by atoms with van der Waals surface area (Å²) in [5.74, 6) is -1.56. The molecule has 0 saturated carbocycles. The second-order valence-electron chi connectivity index (χ2n) is 12.6. The van der Waals surface area contributed by atoms with Crippen LogP contribution in [0.25, 0.3) is 33.4 Å². The van der Waals surface area contributed by atoms with E-state index in [1.165, 1.54) is 12.1 Å². The second kappa shape index (κ2) is 12.2. The largest absolute Gasteiger partial charge is 0.507 e. The first-order valence-electron chi connectivity index (χ1n) is 15.5. The number of aromatic hydroxyl groups is 2. The molecular formula is C36H26F12O2. The van der Waals surface area contributed by atoms with Crippen molar-refractivity contribution in [2.24, 2.45) is 0 Å². The summed E-state index contributed by atoms with van der Waals surface area (Å²) in [5, 5.41) is 23.7. The molecule has 266 valence electrons. The van der Waals surface area contributed by atoms with Crippen LogP contribution in [-0.2, 0) is 50.4 Å². The van der Waals surface area contributed by atoms with Crippen molar-refractivity contribution >= 4 is 0 Å². The lowest BCUT2D eigenvalue weighted by molar-refractivity contribution is -0.144. The van der Waals surface area contributed by atoms with E-state index in [2.05, 4.69) is 0 Å². The number of phenolic OH excluding ortho intramolecular Hbond substituents is 2. The molecule has 0 atom stereocenters. The molecule has 0 radical (unpaired) electrons. The zero-order valence-corrected chi connectivity index (χ0v) is 25.7. The fraction of sp³-hybridized carbons (Fsp3) is 0.333. The van der Waals surface area contributed by atoms with Crippen molar-refractivity contribution in [3.63, 3.8) is 0 Å². The number of halogens is 12. The Morgan fingerprint density at radius 3 is 0.940 bits per heavy atom. The Labute approximate surface area is 277 Å². The molecule has 6 rings (SSSR count). The van der Waals surface area contributed by atoms with Gasteiger partial charge in [0.05, 0.1) is 22.3 Å². The smallest absolute Gasteiger partial charge is 0.416 e. The Morgan fingerprint density at radius 1 is 0.380 bits per heavy atom. The SMILES string of the molecule is Oc1c(-c2cc(C(F)(F)F)cc(C(F)(F)F)c2)cc2c(c1-c1c(O)c(-c3cc(C(F)(F)F)cc(C(F)(F)F)c3)cc3c1CCCC3)CCCC2. The number of hydrogen-bond acceptors (Lipinski definition) is 2. The van der Waals surface area contributed by atoms with E-state index >= 15 is 0 Å². The van der Waals surface area contributed by atoms with Crippen molar-refractivity contribution in [2.75, 3.05) is 0 Å². The highest BCUT2D eigenvalue weighted by atomic mass is 19.4.